The van der Waals surface area contributed by atoms with Gasteiger partial charge in [0, 0.05) is 19.6 Å². The molecule has 0 bridgehead atoms. The number of unbranched alkanes of at least 4 members (excludes halogenated alkanes) is 1. The van der Waals surface area contributed by atoms with Crippen LogP contribution in [0, 0.1) is 6.54 Å². The first-order valence-corrected chi connectivity index (χ1v) is 6.24. The summed E-state index contributed by atoms with van der Waals surface area (Å²) >= 11 is 0. The highest BCUT2D eigenvalue weighted by molar-refractivity contribution is 7.91. The fraction of sp³-hybridized carbons (Fsp3) is 0.875. The zero-order chi connectivity index (χ0) is 9.03. The SMILES string of the molecule is CCC[CH]N1CCS(=O)(=O)CC1. The van der Waals surface area contributed by atoms with Crippen LogP contribution in [-0.2, 0) is 9.84 Å². The first-order chi connectivity index (χ1) is 5.64. The molecule has 0 atom stereocenters. The summed E-state index contributed by atoms with van der Waals surface area (Å²) in [4.78, 5) is 2.12. The molecule has 0 spiro atoms. The summed E-state index contributed by atoms with van der Waals surface area (Å²) in [7, 11) is -2.70. The number of rotatable bonds is 3. The van der Waals surface area contributed by atoms with Gasteiger partial charge in [0.15, 0.2) is 9.84 Å². The van der Waals surface area contributed by atoms with E-state index in [4.69, 9.17) is 0 Å². The first-order valence-electron chi connectivity index (χ1n) is 4.42. The van der Waals surface area contributed by atoms with Crippen LogP contribution in [0.15, 0.2) is 0 Å². The highest BCUT2D eigenvalue weighted by atomic mass is 32.2. The van der Waals surface area contributed by atoms with Crippen molar-refractivity contribution in [2.45, 2.75) is 19.8 Å². The van der Waals surface area contributed by atoms with Gasteiger partial charge in [-0.1, -0.05) is 13.3 Å². The minimum absolute atomic E-state index is 0.327. The van der Waals surface area contributed by atoms with Crippen molar-refractivity contribution in [1.82, 2.24) is 4.90 Å². The molecule has 1 fully saturated rings. The van der Waals surface area contributed by atoms with Crippen molar-refractivity contribution in [3.8, 4) is 0 Å². The van der Waals surface area contributed by atoms with Crippen LogP contribution < -0.4 is 0 Å². The summed E-state index contributed by atoms with van der Waals surface area (Å²) < 4.78 is 22.1. The van der Waals surface area contributed by atoms with Gasteiger partial charge < -0.3 is 0 Å². The Hall–Kier alpha value is -0.0900. The molecule has 71 valence electrons. The van der Waals surface area contributed by atoms with Crippen molar-refractivity contribution >= 4 is 9.84 Å². The minimum atomic E-state index is -2.70. The van der Waals surface area contributed by atoms with E-state index in [1.807, 2.05) is 0 Å². The van der Waals surface area contributed by atoms with Gasteiger partial charge in [-0.25, -0.2) is 8.42 Å². The van der Waals surface area contributed by atoms with Crippen LogP contribution in [0.2, 0.25) is 0 Å². The van der Waals surface area contributed by atoms with E-state index in [0.717, 1.165) is 12.8 Å². The number of sulfone groups is 1. The smallest absolute Gasteiger partial charge is 0.152 e. The van der Waals surface area contributed by atoms with Crippen LogP contribution in [-0.4, -0.2) is 37.9 Å². The van der Waals surface area contributed by atoms with Gasteiger partial charge in [0.05, 0.1) is 11.5 Å². The average Bonchev–Trinajstić information content (AvgIpc) is 2.03. The van der Waals surface area contributed by atoms with E-state index in [1.54, 1.807) is 0 Å². The molecular formula is C8H16NO2S. The quantitative estimate of drug-likeness (QED) is 0.656. The molecule has 0 aromatic rings. The molecule has 1 rings (SSSR count). The molecule has 1 radical (unpaired) electrons. The highest BCUT2D eigenvalue weighted by Crippen LogP contribution is 2.07. The van der Waals surface area contributed by atoms with Crippen LogP contribution >= 0.6 is 0 Å². The first kappa shape index (κ1) is 9.99. The molecule has 1 heterocycles. The maximum absolute atomic E-state index is 11.0. The van der Waals surface area contributed by atoms with Gasteiger partial charge in [0.25, 0.3) is 0 Å². The van der Waals surface area contributed by atoms with Gasteiger partial charge in [0.2, 0.25) is 0 Å². The molecule has 1 saturated heterocycles. The Labute approximate surface area is 74.7 Å². The summed E-state index contributed by atoms with van der Waals surface area (Å²) in [5, 5.41) is 0. The Bertz CT molecular complexity index is 209. The molecule has 1 aliphatic rings. The van der Waals surface area contributed by atoms with Crippen LogP contribution in [0.25, 0.3) is 0 Å². The minimum Gasteiger partial charge on any atom is -0.297 e. The Morgan fingerprint density at radius 3 is 2.42 bits per heavy atom. The van der Waals surface area contributed by atoms with Gasteiger partial charge in [-0.3, -0.25) is 4.90 Å². The molecule has 12 heavy (non-hydrogen) atoms. The number of hydrogen-bond acceptors (Lipinski definition) is 3. The average molecular weight is 190 g/mol. The third kappa shape index (κ3) is 3.11. The molecule has 0 aliphatic carbocycles. The molecule has 3 nitrogen and oxygen atoms in total. The molecule has 1 aliphatic heterocycles. The van der Waals surface area contributed by atoms with Gasteiger partial charge in [-0.15, -0.1) is 0 Å². The van der Waals surface area contributed by atoms with Gasteiger partial charge in [-0.05, 0) is 6.42 Å². The standard InChI is InChI=1S/C8H16NO2S/c1-2-3-4-9-5-7-12(10,11)8-6-9/h4H,2-3,5-8H2,1H3. The highest BCUT2D eigenvalue weighted by Gasteiger charge is 2.20. The molecule has 0 saturated carbocycles. The number of hydrogen-bond donors (Lipinski definition) is 0. The van der Waals surface area contributed by atoms with Crippen molar-refractivity contribution < 1.29 is 8.42 Å². The van der Waals surface area contributed by atoms with Crippen LogP contribution in [0.5, 0.6) is 0 Å². The Balaban J connectivity index is 2.27. The second kappa shape index (κ2) is 4.23. The second-order valence-electron chi connectivity index (χ2n) is 3.16. The fourth-order valence-corrected chi connectivity index (χ4v) is 2.45. The van der Waals surface area contributed by atoms with Crippen molar-refractivity contribution in [3.05, 3.63) is 6.54 Å². The van der Waals surface area contributed by atoms with Crippen LogP contribution in [0.3, 0.4) is 0 Å². The largest absolute Gasteiger partial charge is 0.297 e. The molecule has 0 N–H and O–H groups in total. The molecule has 0 aromatic carbocycles. The fourth-order valence-electron chi connectivity index (χ4n) is 1.22. The van der Waals surface area contributed by atoms with Crippen LogP contribution in [0.4, 0.5) is 0 Å². The van der Waals surface area contributed by atoms with Crippen molar-refractivity contribution in [2.75, 3.05) is 24.6 Å². The lowest BCUT2D eigenvalue weighted by molar-refractivity contribution is 0.347. The zero-order valence-corrected chi connectivity index (χ0v) is 8.31. The second-order valence-corrected chi connectivity index (χ2v) is 5.46. The lowest BCUT2D eigenvalue weighted by atomic mass is 10.3. The third-order valence-corrected chi connectivity index (χ3v) is 3.66. The normalized spacial score (nSPS) is 24.1. The summed E-state index contributed by atoms with van der Waals surface area (Å²) in [6.07, 6.45) is 2.18. The maximum atomic E-state index is 11.0. The predicted molar refractivity (Wildman–Crippen MR) is 49.4 cm³/mol. The van der Waals surface area contributed by atoms with Gasteiger partial charge >= 0.3 is 0 Å². The van der Waals surface area contributed by atoms with Crippen molar-refractivity contribution in [3.63, 3.8) is 0 Å². The van der Waals surface area contributed by atoms with Gasteiger partial charge in [-0.2, -0.15) is 0 Å². The molecule has 4 heteroatoms. The summed E-state index contributed by atoms with van der Waals surface area (Å²) in [6, 6.07) is 0. The van der Waals surface area contributed by atoms with Crippen molar-refractivity contribution in [1.29, 1.82) is 0 Å². The molecule has 0 aromatic heterocycles. The van der Waals surface area contributed by atoms with Crippen molar-refractivity contribution in [2.24, 2.45) is 0 Å². The maximum Gasteiger partial charge on any atom is 0.152 e. The van der Waals surface area contributed by atoms with E-state index in [-0.39, 0.29) is 0 Å². The van der Waals surface area contributed by atoms with Gasteiger partial charge in [0.1, 0.15) is 0 Å². The van der Waals surface area contributed by atoms with E-state index < -0.39 is 9.84 Å². The van der Waals surface area contributed by atoms with E-state index in [1.165, 1.54) is 0 Å². The predicted octanol–water partition coefficient (Wildman–Crippen LogP) is 0.679. The Morgan fingerprint density at radius 2 is 1.92 bits per heavy atom. The summed E-state index contributed by atoms with van der Waals surface area (Å²) in [6.45, 7) is 5.61. The monoisotopic (exact) mass is 190 g/mol. The Morgan fingerprint density at radius 1 is 1.33 bits per heavy atom. The summed E-state index contributed by atoms with van der Waals surface area (Å²) in [5.41, 5.74) is 0. The zero-order valence-electron chi connectivity index (χ0n) is 7.49. The molecule has 0 unspecified atom stereocenters. The van der Waals surface area contributed by atoms with Crippen LogP contribution in [0.1, 0.15) is 19.8 Å². The van der Waals surface area contributed by atoms with E-state index >= 15 is 0 Å². The third-order valence-electron chi connectivity index (χ3n) is 2.05. The molecular weight excluding hydrogens is 174 g/mol. The lowest BCUT2D eigenvalue weighted by Gasteiger charge is -2.25. The summed E-state index contributed by atoms with van der Waals surface area (Å²) in [5.74, 6) is 0.653. The van der Waals surface area contributed by atoms with E-state index in [9.17, 15) is 8.42 Å². The van der Waals surface area contributed by atoms with E-state index in [0.29, 0.717) is 24.6 Å². The number of nitrogens with zero attached hydrogens (tertiary/aromatic N) is 1. The topological polar surface area (TPSA) is 37.4 Å². The van der Waals surface area contributed by atoms with E-state index in [2.05, 4.69) is 18.4 Å². The lowest BCUT2D eigenvalue weighted by Crippen LogP contribution is -2.38. The molecule has 0 amide bonds. The Kier molecular flexibility index (Phi) is 3.53.